The van der Waals surface area contributed by atoms with Gasteiger partial charge in [-0.3, -0.25) is 9.59 Å². The van der Waals surface area contributed by atoms with Crippen molar-refractivity contribution in [1.29, 1.82) is 0 Å². The van der Waals surface area contributed by atoms with Crippen LogP contribution in [0.3, 0.4) is 0 Å². The van der Waals surface area contributed by atoms with Crippen molar-refractivity contribution in [1.82, 2.24) is 10.2 Å². The highest BCUT2D eigenvalue weighted by molar-refractivity contribution is 7.15. The number of rotatable bonds is 4. The Morgan fingerprint density at radius 3 is 2.68 bits per heavy atom. The third kappa shape index (κ3) is 3.71. The van der Waals surface area contributed by atoms with Crippen molar-refractivity contribution in [2.45, 2.75) is 40.0 Å². The smallest absolute Gasteiger partial charge is 0.231 e. The van der Waals surface area contributed by atoms with Crippen LogP contribution < -0.4 is 10.2 Å². The van der Waals surface area contributed by atoms with Gasteiger partial charge in [0.15, 0.2) is 0 Å². The van der Waals surface area contributed by atoms with Gasteiger partial charge in [0.25, 0.3) is 0 Å². The Kier molecular flexibility index (Phi) is 4.85. The molecule has 0 unspecified atom stereocenters. The first-order valence-corrected chi connectivity index (χ1v) is 9.18. The number of anilines is 2. The number of aromatic nitrogens is 2. The minimum absolute atomic E-state index is 0.0245. The quantitative estimate of drug-likeness (QED) is 0.910. The average Bonchev–Trinajstić information content (AvgIpc) is 3.17. The van der Waals surface area contributed by atoms with E-state index in [2.05, 4.69) is 15.5 Å². The first kappa shape index (κ1) is 17.5. The standard InChI is InChI=1S/C18H22N4O2S/c1-10(2)17-20-21-18(25-17)19-16(24)13-8-15(23)22(9-13)14-6-5-11(3)12(4)7-14/h5-7,10,13H,8-9H2,1-4H3,(H,19,21,24)/t13-/m0/s1. The average molecular weight is 358 g/mol. The van der Waals surface area contributed by atoms with E-state index in [0.29, 0.717) is 11.7 Å². The van der Waals surface area contributed by atoms with Gasteiger partial charge >= 0.3 is 0 Å². The number of benzene rings is 1. The monoisotopic (exact) mass is 358 g/mol. The van der Waals surface area contributed by atoms with E-state index < -0.39 is 0 Å². The predicted octanol–water partition coefficient (Wildman–Crippen LogP) is 3.27. The number of hydrogen-bond acceptors (Lipinski definition) is 5. The van der Waals surface area contributed by atoms with Crippen LogP contribution in [0.15, 0.2) is 18.2 Å². The van der Waals surface area contributed by atoms with Crippen LogP contribution >= 0.6 is 11.3 Å². The Morgan fingerprint density at radius 2 is 2.04 bits per heavy atom. The molecule has 25 heavy (non-hydrogen) atoms. The Bertz CT molecular complexity index is 815. The zero-order valence-corrected chi connectivity index (χ0v) is 15.7. The molecule has 7 heteroatoms. The predicted molar refractivity (Wildman–Crippen MR) is 99.0 cm³/mol. The third-order valence-electron chi connectivity index (χ3n) is 4.46. The van der Waals surface area contributed by atoms with Crippen LogP contribution in [-0.2, 0) is 9.59 Å². The summed E-state index contributed by atoms with van der Waals surface area (Å²) in [6.07, 6.45) is 0.217. The van der Waals surface area contributed by atoms with Gasteiger partial charge in [0.05, 0.1) is 5.92 Å². The van der Waals surface area contributed by atoms with E-state index in [1.54, 1.807) is 4.90 Å². The van der Waals surface area contributed by atoms with Crippen LogP contribution in [0.4, 0.5) is 10.8 Å². The van der Waals surface area contributed by atoms with Crippen molar-refractivity contribution in [3.05, 3.63) is 34.3 Å². The Morgan fingerprint density at radius 1 is 1.28 bits per heavy atom. The molecule has 3 rings (SSSR count). The molecule has 1 N–H and O–H groups in total. The van der Waals surface area contributed by atoms with Gasteiger partial charge in [-0.15, -0.1) is 10.2 Å². The lowest BCUT2D eigenvalue weighted by Gasteiger charge is -2.17. The van der Waals surface area contributed by atoms with E-state index in [0.717, 1.165) is 16.3 Å². The molecule has 132 valence electrons. The molecule has 0 saturated carbocycles. The summed E-state index contributed by atoms with van der Waals surface area (Å²) in [6.45, 7) is 8.51. The van der Waals surface area contributed by atoms with Gasteiger partial charge < -0.3 is 10.2 Å². The molecule has 0 radical (unpaired) electrons. The maximum absolute atomic E-state index is 12.5. The van der Waals surface area contributed by atoms with Gasteiger partial charge in [0.1, 0.15) is 5.01 Å². The molecule has 1 fully saturated rings. The van der Waals surface area contributed by atoms with Crippen molar-refractivity contribution in [3.63, 3.8) is 0 Å². The summed E-state index contributed by atoms with van der Waals surface area (Å²) in [5.41, 5.74) is 3.16. The highest BCUT2D eigenvalue weighted by Gasteiger charge is 2.35. The summed E-state index contributed by atoms with van der Waals surface area (Å²) >= 11 is 1.38. The maximum atomic E-state index is 12.5. The molecular formula is C18H22N4O2S. The van der Waals surface area contributed by atoms with E-state index in [1.807, 2.05) is 45.9 Å². The second-order valence-corrected chi connectivity index (χ2v) is 7.77. The number of carbonyl (C=O) groups is 2. The van der Waals surface area contributed by atoms with Gasteiger partial charge in [-0.05, 0) is 37.1 Å². The van der Waals surface area contributed by atoms with Crippen LogP contribution in [0.5, 0.6) is 0 Å². The zero-order valence-electron chi connectivity index (χ0n) is 14.9. The topological polar surface area (TPSA) is 75.2 Å². The van der Waals surface area contributed by atoms with E-state index in [9.17, 15) is 9.59 Å². The molecule has 1 saturated heterocycles. The number of hydrogen-bond donors (Lipinski definition) is 1. The molecule has 2 heterocycles. The van der Waals surface area contributed by atoms with E-state index >= 15 is 0 Å². The minimum atomic E-state index is -0.375. The molecule has 1 aliphatic rings. The fourth-order valence-corrected chi connectivity index (χ4v) is 3.50. The number of carbonyl (C=O) groups excluding carboxylic acids is 2. The van der Waals surface area contributed by atoms with Crippen molar-refractivity contribution >= 4 is 34.0 Å². The lowest BCUT2D eigenvalue weighted by molar-refractivity contribution is -0.122. The second-order valence-electron chi connectivity index (χ2n) is 6.76. The number of nitrogens with one attached hydrogen (secondary N) is 1. The van der Waals surface area contributed by atoms with Crippen LogP contribution in [0.1, 0.15) is 42.3 Å². The molecule has 1 aromatic heterocycles. The number of aryl methyl sites for hydroxylation is 2. The fraction of sp³-hybridized carbons (Fsp3) is 0.444. The molecule has 1 atom stereocenters. The Balaban J connectivity index is 1.68. The van der Waals surface area contributed by atoms with Crippen LogP contribution in [-0.4, -0.2) is 28.6 Å². The van der Waals surface area contributed by atoms with Crippen LogP contribution in [0.25, 0.3) is 0 Å². The van der Waals surface area contributed by atoms with Gasteiger partial charge in [-0.1, -0.05) is 31.3 Å². The summed E-state index contributed by atoms with van der Waals surface area (Å²) in [5, 5.41) is 12.2. The normalized spacial score (nSPS) is 17.4. The summed E-state index contributed by atoms with van der Waals surface area (Å²) < 4.78 is 0. The van der Waals surface area contributed by atoms with Crippen molar-refractivity contribution in [2.75, 3.05) is 16.8 Å². The molecule has 0 aliphatic carbocycles. The van der Waals surface area contributed by atoms with E-state index in [4.69, 9.17) is 0 Å². The number of amides is 2. The van der Waals surface area contributed by atoms with Gasteiger partial charge in [0, 0.05) is 24.6 Å². The summed E-state index contributed by atoms with van der Waals surface area (Å²) in [4.78, 5) is 26.5. The van der Waals surface area contributed by atoms with Gasteiger partial charge in [0.2, 0.25) is 16.9 Å². The lowest BCUT2D eigenvalue weighted by atomic mass is 10.1. The first-order chi connectivity index (χ1) is 11.8. The first-order valence-electron chi connectivity index (χ1n) is 8.37. The molecule has 0 bridgehead atoms. The maximum Gasteiger partial charge on any atom is 0.231 e. The third-order valence-corrected chi connectivity index (χ3v) is 5.60. The molecule has 1 aliphatic heterocycles. The Labute approximate surface area is 151 Å². The van der Waals surface area contributed by atoms with Crippen molar-refractivity contribution in [2.24, 2.45) is 5.92 Å². The summed E-state index contributed by atoms with van der Waals surface area (Å²) in [7, 11) is 0. The SMILES string of the molecule is Cc1ccc(N2C[C@@H](C(=O)Nc3nnc(C(C)C)s3)CC2=O)cc1C. The summed E-state index contributed by atoms with van der Waals surface area (Å²) in [5.74, 6) is -0.299. The lowest BCUT2D eigenvalue weighted by Crippen LogP contribution is -2.28. The summed E-state index contributed by atoms with van der Waals surface area (Å²) in [6, 6.07) is 5.92. The van der Waals surface area contributed by atoms with Gasteiger partial charge in [-0.2, -0.15) is 0 Å². The number of nitrogens with zero attached hydrogens (tertiary/aromatic N) is 3. The van der Waals surface area contributed by atoms with Crippen LogP contribution in [0.2, 0.25) is 0 Å². The van der Waals surface area contributed by atoms with Crippen LogP contribution in [0, 0.1) is 19.8 Å². The zero-order chi connectivity index (χ0) is 18.1. The molecule has 2 amide bonds. The molecular weight excluding hydrogens is 336 g/mol. The highest BCUT2D eigenvalue weighted by Crippen LogP contribution is 2.28. The molecule has 0 spiro atoms. The largest absolute Gasteiger partial charge is 0.312 e. The second kappa shape index (κ2) is 6.92. The molecule has 1 aromatic carbocycles. The molecule has 6 nitrogen and oxygen atoms in total. The fourth-order valence-electron chi connectivity index (χ4n) is 2.75. The minimum Gasteiger partial charge on any atom is -0.312 e. The van der Waals surface area contributed by atoms with E-state index in [1.165, 1.54) is 16.9 Å². The van der Waals surface area contributed by atoms with E-state index in [-0.39, 0.29) is 30.1 Å². The van der Waals surface area contributed by atoms with Gasteiger partial charge in [-0.25, -0.2) is 0 Å². The Hall–Kier alpha value is -2.28. The van der Waals surface area contributed by atoms with Crippen molar-refractivity contribution < 1.29 is 9.59 Å². The highest BCUT2D eigenvalue weighted by atomic mass is 32.1. The molecule has 2 aromatic rings. The van der Waals surface area contributed by atoms with Crippen molar-refractivity contribution in [3.8, 4) is 0 Å².